The number of hydrogen-bond donors (Lipinski definition) is 0. The lowest BCUT2D eigenvalue weighted by Gasteiger charge is -2.07. The van der Waals surface area contributed by atoms with Crippen LogP contribution < -0.4 is 0 Å². The van der Waals surface area contributed by atoms with E-state index in [1.54, 1.807) is 17.0 Å². The van der Waals surface area contributed by atoms with Gasteiger partial charge in [0.2, 0.25) is 0 Å². The molecule has 0 amide bonds. The summed E-state index contributed by atoms with van der Waals surface area (Å²) in [5.41, 5.74) is 1.70. The van der Waals surface area contributed by atoms with Gasteiger partial charge in [-0.25, -0.2) is 4.98 Å². The molecule has 0 radical (unpaired) electrons. The first-order valence-electron chi connectivity index (χ1n) is 6.60. The van der Waals surface area contributed by atoms with Gasteiger partial charge >= 0.3 is 0 Å². The molecule has 3 aromatic rings. The summed E-state index contributed by atoms with van der Waals surface area (Å²) in [5, 5.41) is 0. The highest BCUT2D eigenvalue weighted by Gasteiger charge is 2.11. The van der Waals surface area contributed by atoms with E-state index >= 15 is 0 Å². The minimum Gasteiger partial charge on any atom is -0.324 e. The normalized spacial score (nSPS) is 10.7. The first-order valence-corrected chi connectivity index (χ1v) is 6.60. The maximum absolute atomic E-state index is 12.4. The Morgan fingerprint density at radius 1 is 1.10 bits per heavy atom. The summed E-state index contributed by atoms with van der Waals surface area (Å²) in [6.45, 7) is 1.99. The van der Waals surface area contributed by atoms with Crippen LogP contribution in [-0.4, -0.2) is 20.0 Å². The highest BCUT2D eigenvalue weighted by atomic mass is 16.2. The number of carbonyl (C=O) groups is 1. The van der Waals surface area contributed by atoms with Crippen LogP contribution in [0.2, 0.25) is 0 Å². The summed E-state index contributed by atoms with van der Waals surface area (Å²) in [5.74, 6) is 0.739. The molecular weight excluding hydrogens is 250 g/mol. The molecule has 2 heterocycles. The number of benzene rings is 1. The van der Waals surface area contributed by atoms with Gasteiger partial charge in [-0.1, -0.05) is 6.92 Å². The fourth-order valence-electron chi connectivity index (χ4n) is 2.20. The number of nitrogens with zero attached hydrogens (tertiary/aromatic N) is 3. The van der Waals surface area contributed by atoms with E-state index in [1.807, 2.05) is 60.3 Å². The van der Waals surface area contributed by atoms with Crippen LogP contribution in [0.15, 0.2) is 61.2 Å². The second-order valence-corrected chi connectivity index (χ2v) is 4.51. The highest BCUT2D eigenvalue weighted by Crippen LogP contribution is 2.12. The first kappa shape index (κ1) is 12.4. The van der Waals surface area contributed by atoms with Gasteiger partial charge in [-0.2, -0.15) is 0 Å². The zero-order valence-electron chi connectivity index (χ0n) is 11.2. The van der Waals surface area contributed by atoms with E-state index in [1.165, 1.54) is 0 Å². The Balaban J connectivity index is 1.90. The fourth-order valence-corrected chi connectivity index (χ4v) is 2.20. The third-order valence-corrected chi connectivity index (χ3v) is 3.27. The molecule has 4 heteroatoms. The molecule has 4 nitrogen and oxygen atoms in total. The third kappa shape index (κ3) is 2.16. The molecule has 2 aromatic heterocycles. The lowest BCUT2D eigenvalue weighted by atomic mass is 10.2. The van der Waals surface area contributed by atoms with Crippen LogP contribution >= 0.6 is 0 Å². The van der Waals surface area contributed by atoms with Gasteiger partial charge in [0.15, 0.2) is 0 Å². The maximum atomic E-state index is 12.4. The minimum absolute atomic E-state index is 0.0431. The third-order valence-electron chi connectivity index (χ3n) is 3.27. The highest BCUT2D eigenvalue weighted by molar-refractivity contribution is 5.96. The Kier molecular flexibility index (Phi) is 3.21. The van der Waals surface area contributed by atoms with E-state index in [-0.39, 0.29) is 5.91 Å². The van der Waals surface area contributed by atoms with Crippen molar-refractivity contribution in [3.8, 4) is 5.69 Å². The lowest BCUT2D eigenvalue weighted by molar-refractivity contribution is 0.0956. The van der Waals surface area contributed by atoms with E-state index in [4.69, 9.17) is 0 Å². The number of hydrogen-bond acceptors (Lipinski definition) is 2. The summed E-state index contributed by atoms with van der Waals surface area (Å²) in [7, 11) is 0. The van der Waals surface area contributed by atoms with Crippen molar-refractivity contribution in [2.45, 2.75) is 13.3 Å². The van der Waals surface area contributed by atoms with Crippen LogP contribution in [0, 0.1) is 0 Å². The number of rotatable bonds is 3. The first-order chi connectivity index (χ1) is 9.79. The molecule has 0 bridgehead atoms. The molecule has 20 heavy (non-hydrogen) atoms. The number of carbonyl (C=O) groups excluding carboxylic acids is 1. The Labute approximate surface area is 117 Å². The van der Waals surface area contributed by atoms with Gasteiger partial charge in [-0.15, -0.1) is 0 Å². The molecule has 0 unspecified atom stereocenters. The van der Waals surface area contributed by atoms with Gasteiger partial charge in [0.25, 0.3) is 5.91 Å². The zero-order chi connectivity index (χ0) is 13.9. The van der Waals surface area contributed by atoms with Gasteiger partial charge in [-0.05, 0) is 36.4 Å². The predicted octanol–water partition coefficient (Wildman–Crippen LogP) is 2.92. The average Bonchev–Trinajstić information content (AvgIpc) is 3.17. The van der Waals surface area contributed by atoms with E-state index in [0.717, 1.165) is 17.9 Å². The van der Waals surface area contributed by atoms with Crippen molar-refractivity contribution in [2.24, 2.45) is 0 Å². The molecule has 3 rings (SSSR count). The van der Waals surface area contributed by atoms with E-state index in [0.29, 0.717) is 5.56 Å². The molecule has 0 aliphatic heterocycles. The van der Waals surface area contributed by atoms with Crippen molar-refractivity contribution in [2.75, 3.05) is 0 Å². The van der Waals surface area contributed by atoms with Crippen molar-refractivity contribution < 1.29 is 4.79 Å². The standard InChI is InChI=1S/C16H15N3O/c1-2-15-17-9-12-19(15)16(20)13-5-7-14(8-6-13)18-10-3-4-11-18/h3-12H,2H2,1H3. The SMILES string of the molecule is CCc1nccn1C(=O)c1ccc(-n2cccc2)cc1. The monoisotopic (exact) mass is 265 g/mol. The Morgan fingerprint density at radius 3 is 2.45 bits per heavy atom. The van der Waals surface area contributed by atoms with E-state index < -0.39 is 0 Å². The molecule has 0 saturated heterocycles. The summed E-state index contributed by atoms with van der Waals surface area (Å²) in [6.07, 6.45) is 8.05. The summed E-state index contributed by atoms with van der Waals surface area (Å²) in [6, 6.07) is 11.5. The molecule has 0 fully saturated rings. The Hall–Kier alpha value is -2.62. The number of aryl methyl sites for hydroxylation is 1. The zero-order valence-corrected chi connectivity index (χ0v) is 11.2. The molecular formula is C16H15N3O. The van der Waals surface area contributed by atoms with Gasteiger partial charge < -0.3 is 4.57 Å². The van der Waals surface area contributed by atoms with Crippen LogP contribution in [0.5, 0.6) is 0 Å². The number of imidazole rings is 1. The predicted molar refractivity (Wildman–Crippen MR) is 77.1 cm³/mol. The van der Waals surface area contributed by atoms with Crippen molar-refractivity contribution in [3.05, 3.63) is 72.6 Å². The van der Waals surface area contributed by atoms with E-state index in [9.17, 15) is 4.79 Å². The topological polar surface area (TPSA) is 39.8 Å². The number of aromatic nitrogens is 3. The van der Waals surface area contributed by atoms with Crippen LogP contribution in [0.25, 0.3) is 5.69 Å². The molecule has 0 saturated carbocycles. The second kappa shape index (κ2) is 5.17. The average molecular weight is 265 g/mol. The van der Waals surface area contributed by atoms with Crippen LogP contribution in [0.3, 0.4) is 0 Å². The van der Waals surface area contributed by atoms with Crippen LogP contribution in [0.1, 0.15) is 23.1 Å². The molecule has 0 N–H and O–H groups in total. The molecule has 0 spiro atoms. The second-order valence-electron chi connectivity index (χ2n) is 4.51. The van der Waals surface area contributed by atoms with Gasteiger partial charge in [0.05, 0.1) is 0 Å². The van der Waals surface area contributed by atoms with Gasteiger partial charge in [-0.3, -0.25) is 9.36 Å². The summed E-state index contributed by atoms with van der Waals surface area (Å²) >= 11 is 0. The van der Waals surface area contributed by atoms with Crippen molar-refractivity contribution in [3.63, 3.8) is 0 Å². The van der Waals surface area contributed by atoms with Gasteiger partial charge in [0, 0.05) is 42.5 Å². The Bertz CT molecular complexity index is 709. The minimum atomic E-state index is -0.0431. The lowest BCUT2D eigenvalue weighted by Crippen LogP contribution is -2.14. The summed E-state index contributed by atoms with van der Waals surface area (Å²) in [4.78, 5) is 16.6. The van der Waals surface area contributed by atoms with Crippen molar-refractivity contribution >= 4 is 5.91 Å². The van der Waals surface area contributed by atoms with Crippen LogP contribution in [0.4, 0.5) is 0 Å². The molecule has 100 valence electrons. The van der Waals surface area contributed by atoms with Crippen LogP contribution in [-0.2, 0) is 6.42 Å². The molecule has 1 aromatic carbocycles. The molecule has 0 aliphatic carbocycles. The van der Waals surface area contributed by atoms with Gasteiger partial charge in [0.1, 0.15) is 5.82 Å². The quantitative estimate of drug-likeness (QED) is 0.730. The smallest absolute Gasteiger partial charge is 0.263 e. The van der Waals surface area contributed by atoms with Crippen molar-refractivity contribution in [1.82, 2.24) is 14.1 Å². The maximum Gasteiger partial charge on any atom is 0.263 e. The fraction of sp³-hybridized carbons (Fsp3) is 0.125. The molecule has 0 aliphatic rings. The van der Waals surface area contributed by atoms with Crippen molar-refractivity contribution in [1.29, 1.82) is 0 Å². The summed E-state index contributed by atoms with van der Waals surface area (Å²) < 4.78 is 3.60. The van der Waals surface area contributed by atoms with E-state index in [2.05, 4.69) is 4.98 Å². The Morgan fingerprint density at radius 2 is 1.80 bits per heavy atom. The molecule has 0 atom stereocenters. The largest absolute Gasteiger partial charge is 0.324 e.